The van der Waals surface area contributed by atoms with Gasteiger partial charge in [0.15, 0.2) is 0 Å². The molecule has 0 saturated heterocycles. The molecule has 0 aliphatic rings. The molecule has 0 aliphatic carbocycles. The van der Waals surface area contributed by atoms with Crippen LogP contribution in [0.5, 0.6) is 0 Å². The van der Waals surface area contributed by atoms with Crippen molar-refractivity contribution >= 4 is 22.6 Å². The molecule has 2 atom stereocenters. The first-order valence-electron chi connectivity index (χ1n) is 7.82. The van der Waals surface area contributed by atoms with Crippen LogP contribution in [0, 0.1) is 0 Å². The summed E-state index contributed by atoms with van der Waals surface area (Å²) in [7, 11) is 0. The van der Waals surface area contributed by atoms with Crippen molar-refractivity contribution in [3.63, 3.8) is 0 Å². The first kappa shape index (κ1) is 16.1. The van der Waals surface area contributed by atoms with Crippen molar-refractivity contribution in [1.82, 2.24) is 5.32 Å². The van der Waals surface area contributed by atoms with Gasteiger partial charge in [0.05, 0.1) is 18.7 Å². The Hall–Kier alpha value is -1.81. The Morgan fingerprint density at radius 2 is 1.87 bits per heavy atom. The van der Waals surface area contributed by atoms with Gasteiger partial charge in [0.25, 0.3) is 0 Å². The van der Waals surface area contributed by atoms with Crippen LogP contribution in [-0.4, -0.2) is 11.7 Å². The topological polar surface area (TPSA) is 45.4 Å². The number of halogens is 1. The zero-order chi connectivity index (χ0) is 16.2. The van der Waals surface area contributed by atoms with Gasteiger partial charge in [0.2, 0.25) is 0 Å². The molecule has 120 valence electrons. The molecule has 0 saturated carbocycles. The number of rotatable bonds is 6. The van der Waals surface area contributed by atoms with E-state index in [4.69, 9.17) is 16.0 Å². The summed E-state index contributed by atoms with van der Waals surface area (Å²) < 4.78 is 5.95. The van der Waals surface area contributed by atoms with E-state index in [2.05, 4.69) is 12.2 Å². The fraction of sp³-hybridized carbons (Fsp3) is 0.263. The monoisotopic (exact) mass is 329 g/mol. The number of aliphatic hydroxyl groups is 1. The molecule has 3 nitrogen and oxygen atoms in total. The standard InChI is InChI=1S/C19H20ClNO2/c1-2-16(21-17(12-22)13-6-4-3-5-7-13)19-11-14-10-15(20)8-9-18(14)23-19/h3-11,16-17,21-22H,2,12H2,1H3/t16-,17-/m1/s1. The van der Waals surface area contributed by atoms with Crippen LogP contribution >= 0.6 is 11.6 Å². The molecule has 0 amide bonds. The number of fused-ring (bicyclic) bond motifs is 1. The molecular formula is C19H20ClNO2. The zero-order valence-corrected chi connectivity index (χ0v) is 13.8. The van der Waals surface area contributed by atoms with E-state index in [0.29, 0.717) is 5.02 Å². The first-order chi connectivity index (χ1) is 11.2. The summed E-state index contributed by atoms with van der Waals surface area (Å²) in [5.41, 5.74) is 1.89. The van der Waals surface area contributed by atoms with E-state index >= 15 is 0 Å². The van der Waals surface area contributed by atoms with E-state index in [9.17, 15) is 5.11 Å². The van der Waals surface area contributed by atoms with E-state index in [1.54, 1.807) is 0 Å². The number of nitrogens with one attached hydrogen (secondary N) is 1. The Labute approximate surface area is 140 Å². The molecule has 23 heavy (non-hydrogen) atoms. The summed E-state index contributed by atoms with van der Waals surface area (Å²) in [6, 6.07) is 17.5. The Morgan fingerprint density at radius 1 is 1.09 bits per heavy atom. The first-order valence-corrected chi connectivity index (χ1v) is 8.20. The maximum Gasteiger partial charge on any atom is 0.134 e. The Bertz CT molecular complexity index is 769. The van der Waals surface area contributed by atoms with Gasteiger partial charge < -0.3 is 9.52 Å². The summed E-state index contributed by atoms with van der Waals surface area (Å²) in [4.78, 5) is 0. The number of hydrogen-bond acceptors (Lipinski definition) is 3. The largest absolute Gasteiger partial charge is 0.459 e. The average Bonchev–Trinajstić information content (AvgIpc) is 2.99. The summed E-state index contributed by atoms with van der Waals surface area (Å²) in [6.07, 6.45) is 0.858. The van der Waals surface area contributed by atoms with Gasteiger partial charge in [0.1, 0.15) is 11.3 Å². The number of aliphatic hydroxyl groups excluding tert-OH is 1. The van der Waals surface area contributed by atoms with Crippen molar-refractivity contribution in [2.75, 3.05) is 6.61 Å². The van der Waals surface area contributed by atoms with Crippen LogP contribution < -0.4 is 5.32 Å². The third-order valence-electron chi connectivity index (χ3n) is 4.04. The summed E-state index contributed by atoms with van der Waals surface area (Å²) in [5, 5.41) is 14.9. The van der Waals surface area contributed by atoms with Crippen LogP contribution in [0.15, 0.2) is 59.0 Å². The minimum absolute atomic E-state index is 0.0264. The van der Waals surface area contributed by atoms with Crippen molar-refractivity contribution < 1.29 is 9.52 Å². The molecule has 0 spiro atoms. The number of furan rings is 1. The average molecular weight is 330 g/mol. The Kier molecular flexibility index (Phi) is 5.01. The number of hydrogen-bond donors (Lipinski definition) is 2. The van der Waals surface area contributed by atoms with Crippen LogP contribution in [0.3, 0.4) is 0 Å². The molecule has 0 radical (unpaired) electrons. The van der Waals surface area contributed by atoms with E-state index in [1.165, 1.54) is 0 Å². The summed E-state index contributed by atoms with van der Waals surface area (Å²) in [6.45, 7) is 2.13. The molecule has 3 rings (SSSR count). The molecule has 4 heteroatoms. The molecule has 2 aromatic carbocycles. The molecular weight excluding hydrogens is 310 g/mol. The zero-order valence-electron chi connectivity index (χ0n) is 13.0. The van der Waals surface area contributed by atoms with Gasteiger partial charge in [0, 0.05) is 10.4 Å². The maximum atomic E-state index is 9.74. The minimum atomic E-state index is -0.127. The molecule has 0 aliphatic heterocycles. The van der Waals surface area contributed by atoms with Crippen LogP contribution in [0.25, 0.3) is 11.0 Å². The van der Waals surface area contributed by atoms with Crippen molar-refractivity contribution in [2.24, 2.45) is 0 Å². The molecule has 0 unspecified atom stereocenters. The maximum absolute atomic E-state index is 9.74. The van der Waals surface area contributed by atoms with E-state index in [-0.39, 0.29) is 18.7 Å². The van der Waals surface area contributed by atoms with Gasteiger partial charge in [-0.2, -0.15) is 0 Å². The normalized spacial score (nSPS) is 14.0. The fourth-order valence-corrected chi connectivity index (χ4v) is 2.97. The lowest BCUT2D eigenvalue weighted by Crippen LogP contribution is -2.28. The van der Waals surface area contributed by atoms with E-state index < -0.39 is 0 Å². The fourth-order valence-electron chi connectivity index (χ4n) is 2.79. The van der Waals surface area contributed by atoms with Crippen LogP contribution in [-0.2, 0) is 0 Å². The molecule has 3 aromatic rings. The lowest BCUT2D eigenvalue weighted by atomic mass is 10.0. The van der Waals surface area contributed by atoms with Gasteiger partial charge in [-0.15, -0.1) is 0 Å². The van der Waals surface area contributed by atoms with Gasteiger partial charge in [-0.05, 0) is 36.2 Å². The highest BCUT2D eigenvalue weighted by molar-refractivity contribution is 6.31. The van der Waals surface area contributed by atoms with Crippen molar-refractivity contribution in [3.8, 4) is 0 Å². The van der Waals surface area contributed by atoms with Gasteiger partial charge in [-0.1, -0.05) is 48.9 Å². The lowest BCUT2D eigenvalue weighted by molar-refractivity contribution is 0.226. The second-order valence-electron chi connectivity index (χ2n) is 5.60. The SMILES string of the molecule is CC[C@@H](N[C@H](CO)c1ccccc1)c1cc2cc(Cl)ccc2o1. The lowest BCUT2D eigenvalue weighted by Gasteiger charge is -2.22. The van der Waals surface area contributed by atoms with Gasteiger partial charge in [-0.3, -0.25) is 5.32 Å². The van der Waals surface area contributed by atoms with E-state index in [1.807, 2.05) is 54.6 Å². The van der Waals surface area contributed by atoms with Crippen LogP contribution in [0.1, 0.15) is 36.8 Å². The van der Waals surface area contributed by atoms with Gasteiger partial charge in [-0.25, -0.2) is 0 Å². The molecule has 0 bridgehead atoms. The van der Waals surface area contributed by atoms with Gasteiger partial charge >= 0.3 is 0 Å². The molecule has 1 heterocycles. The van der Waals surface area contributed by atoms with Crippen molar-refractivity contribution in [3.05, 3.63) is 70.9 Å². The molecule has 1 aromatic heterocycles. The molecule has 0 fully saturated rings. The highest BCUT2D eigenvalue weighted by atomic mass is 35.5. The van der Waals surface area contributed by atoms with Crippen molar-refractivity contribution in [2.45, 2.75) is 25.4 Å². The highest BCUT2D eigenvalue weighted by Crippen LogP contribution is 2.29. The van der Waals surface area contributed by atoms with Crippen LogP contribution in [0.4, 0.5) is 0 Å². The second-order valence-corrected chi connectivity index (χ2v) is 6.04. The predicted octanol–water partition coefficient (Wildman–Crippen LogP) is 4.86. The third kappa shape index (κ3) is 3.58. The Morgan fingerprint density at radius 3 is 2.57 bits per heavy atom. The quantitative estimate of drug-likeness (QED) is 0.678. The summed E-state index contributed by atoms with van der Waals surface area (Å²) in [5.74, 6) is 0.860. The Balaban J connectivity index is 1.85. The minimum Gasteiger partial charge on any atom is -0.459 e. The molecule has 2 N–H and O–H groups in total. The smallest absolute Gasteiger partial charge is 0.134 e. The summed E-state index contributed by atoms with van der Waals surface area (Å²) >= 11 is 6.04. The predicted molar refractivity (Wildman–Crippen MR) is 93.7 cm³/mol. The van der Waals surface area contributed by atoms with E-state index in [0.717, 1.165) is 28.7 Å². The number of benzene rings is 2. The highest BCUT2D eigenvalue weighted by Gasteiger charge is 2.19. The van der Waals surface area contributed by atoms with Crippen LogP contribution in [0.2, 0.25) is 5.02 Å². The third-order valence-corrected chi connectivity index (χ3v) is 4.27. The second kappa shape index (κ2) is 7.18. The van der Waals surface area contributed by atoms with Crippen molar-refractivity contribution in [1.29, 1.82) is 0 Å².